The van der Waals surface area contributed by atoms with Crippen molar-refractivity contribution in [2.24, 2.45) is 5.41 Å². The molecule has 0 saturated heterocycles. The minimum atomic E-state index is -0.160. The van der Waals surface area contributed by atoms with Crippen molar-refractivity contribution in [1.82, 2.24) is 0 Å². The van der Waals surface area contributed by atoms with E-state index in [2.05, 4.69) is 0 Å². The molecule has 2 heteroatoms. The fourth-order valence-corrected chi connectivity index (χ4v) is 1.91. The monoisotopic (exact) mass is 234 g/mol. The van der Waals surface area contributed by atoms with E-state index in [9.17, 15) is 4.79 Å². The van der Waals surface area contributed by atoms with Crippen molar-refractivity contribution < 1.29 is 9.53 Å². The van der Waals surface area contributed by atoms with Gasteiger partial charge in [-0.15, -0.1) is 0 Å². The van der Waals surface area contributed by atoms with Crippen molar-refractivity contribution in [1.29, 1.82) is 0 Å². The van der Waals surface area contributed by atoms with Gasteiger partial charge >= 0.3 is 5.97 Å². The van der Waals surface area contributed by atoms with E-state index < -0.39 is 0 Å². The Morgan fingerprint density at radius 2 is 1.59 bits per heavy atom. The molecule has 0 fully saturated rings. The molecule has 0 heterocycles. The Hall–Kier alpha value is -1.31. The number of hydrogen-bond donors (Lipinski definition) is 0. The quantitative estimate of drug-likeness (QED) is 0.572. The van der Waals surface area contributed by atoms with Gasteiger partial charge in [-0.05, 0) is 37.3 Å². The molecule has 0 aliphatic rings. The van der Waals surface area contributed by atoms with Gasteiger partial charge in [-0.1, -0.05) is 38.5 Å². The van der Waals surface area contributed by atoms with Crippen molar-refractivity contribution in [3.63, 3.8) is 0 Å². The second-order valence-electron chi connectivity index (χ2n) is 5.94. The fourth-order valence-electron chi connectivity index (χ4n) is 1.91. The lowest BCUT2D eigenvalue weighted by Crippen LogP contribution is -2.18. The first-order valence-corrected chi connectivity index (χ1v) is 5.97. The highest BCUT2D eigenvalue weighted by Crippen LogP contribution is 2.26. The van der Waals surface area contributed by atoms with Crippen LogP contribution in [0.2, 0.25) is 0 Å². The Morgan fingerprint density at radius 1 is 1.12 bits per heavy atom. The molecule has 0 bridgehead atoms. The molecule has 17 heavy (non-hydrogen) atoms. The zero-order valence-electron chi connectivity index (χ0n) is 11.7. The number of esters is 1. The molecule has 0 aliphatic carbocycles. The molecule has 0 aromatic heterocycles. The normalized spacial score (nSPS) is 11.4. The molecule has 94 valence electrons. The van der Waals surface area contributed by atoms with Gasteiger partial charge in [0, 0.05) is 0 Å². The summed E-state index contributed by atoms with van der Waals surface area (Å²) in [6.45, 7) is 12.1. The predicted octanol–water partition coefficient (Wildman–Crippen LogP) is 3.95. The van der Waals surface area contributed by atoms with Crippen LogP contribution in [0, 0.1) is 26.2 Å². The van der Waals surface area contributed by atoms with Crippen LogP contribution in [0.25, 0.3) is 0 Å². The Morgan fingerprint density at radius 3 is 2.00 bits per heavy atom. The van der Waals surface area contributed by atoms with Gasteiger partial charge in [0.2, 0.25) is 0 Å². The molecule has 0 saturated carbocycles. The van der Waals surface area contributed by atoms with Crippen LogP contribution in [0.15, 0.2) is 12.1 Å². The first-order valence-electron chi connectivity index (χ1n) is 5.97. The van der Waals surface area contributed by atoms with Crippen LogP contribution in [0.4, 0.5) is 0 Å². The van der Waals surface area contributed by atoms with E-state index in [0.29, 0.717) is 12.2 Å². The summed E-state index contributed by atoms with van der Waals surface area (Å²) in [4.78, 5) is 11.8. The molecule has 0 radical (unpaired) electrons. The van der Waals surface area contributed by atoms with Gasteiger partial charge < -0.3 is 4.74 Å². The van der Waals surface area contributed by atoms with E-state index >= 15 is 0 Å². The van der Waals surface area contributed by atoms with Gasteiger partial charge in [-0.25, -0.2) is 0 Å². The Bertz CT molecular complexity index is 402. The topological polar surface area (TPSA) is 26.3 Å². The lowest BCUT2D eigenvalue weighted by Gasteiger charge is -2.18. The van der Waals surface area contributed by atoms with Crippen molar-refractivity contribution in [3.8, 4) is 5.75 Å². The number of carbonyl (C=O) groups excluding carboxylic acids is 1. The van der Waals surface area contributed by atoms with E-state index in [4.69, 9.17) is 4.74 Å². The van der Waals surface area contributed by atoms with Crippen LogP contribution in [-0.4, -0.2) is 5.97 Å². The highest BCUT2D eigenvalue weighted by molar-refractivity contribution is 5.74. The molecule has 2 nitrogen and oxygen atoms in total. The second-order valence-corrected chi connectivity index (χ2v) is 5.94. The minimum Gasteiger partial charge on any atom is -0.426 e. The number of ether oxygens (including phenoxy) is 1. The summed E-state index contributed by atoms with van der Waals surface area (Å²) in [5.74, 6) is 0.553. The largest absolute Gasteiger partial charge is 0.426 e. The van der Waals surface area contributed by atoms with Gasteiger partial charge in [-0.3, -0.25) is 4.79 Å². The van der Waals surface area contributed by atoms with E-state index in [1.165, 1.54) is 5.56 Å². The summed E-state index contributed by atoms with van der Waals surface area (Å²) >= 11 is 0. The fraction of sp³-hybridized carbons (Fsp3) is 0.533. The number of aryl methyl sites for hydroxylation is 3. The van der Waals surface area contributed by atoms with Crippen LogP contribution in [-0.2, 0) is 4.79 Å². The van der Waals surface area contributed by atoms with E-state index in [-0.39, 0.29) is 11.4 Å². The number of carbonyl (C=O) groups is 1. The smallest absolute Gasteiger partial charge is 0.311 e. The zero-order valence-corrected chi connectivity index (χ0v) is 11.7. The van der Waals surface area contributed by atoms with Crippen LogP contribution >= 0.6 is 0 Å². The molecule has 0 aliphatic heterocycles. The third-order valence-electron chi connectivity index (χ3n) is 2.50. The molecule has 0 amide bonds. The standard InChI is InChI=1S/C15H22O2/c1-10-7-11(2)14(12(3)8-10)17-13(16)9-15(4,5)6/h7-8H,9H2,1-6H3. The van der Waals surface area contributed by atoms with E-state index in [0.717, 1.165) is 11.1 Å². The van der Waals surface area contributed by atoms with Gasteiger partial charge in [0.05, 0.1) is 6.42 Å². The van der Waals surface area contributed by atoms with Crippen molar-refractivity contribution in [2.75, 3.05) is 0 Å². The van der Waals surface area contributed by atoms with Gasteiger partial charge in [0.25, 0.3) is 0 Å². The Labute approximate surface area is 104 Å². The predicted molar refractivity (Wildman–Crippen MR) is 70.4 cm³/mol. The molecule has 1 rings (SSSR count). The van der Waals surface area contributed by atoms with E-state index in [1.807, 2.05) is 53.7 Å². The summed E-state index contributed by atoms with van der Waals surface area (Å²) in [7, 11) is 0. The molecule has 0 spiro atoms. The van der Waals surface area contributed by atoms with Crippen LogP contribution in [0.1, 0.15) is 43.9 Å². The second kappa shape index (κ2) is 4.91. The van der Waals surface area contributed by atoms with Crippen LogP contribution in [0.3, 0.4) is 0 Å². The third-order valence-corrected chi connectivity index (χ3v) is 2.50. The van der Waals surface area contributed by atoms with Crippen LogP contribution < -0.4 is 4.74 Å². The Kier molecular flexibility index (Phi) is 3.97. The average molecular weight is 234 g/mol. The molecular weight excluding hydrogens is 212 g/mol. The number of benzene rings is 1. The molecule has 0 unspecified atom stereocenters. The summed E-state index contributed by atoms with van der Waals surface area (Å²) < 4.78 is 5.47. The highest BCUT2D eigenvalue weighted by atomic mass is 16.5. The van der Waals surface area contributed by atoms with Crippen molar-refractivity contribution in [2.45, 2.75) is 48.0 Å². The first-order chi connectivity index (χ1) is 7.69. The Balaban J connectivity index is 2.86. The average Bonchev–Trinajstić information content (AvgIpc) is 2.08. The lowest BCUT2D eigenvalue weighted by atomic mass is 9.92. The number of hydrogen-bond acceptors (Lipinski definition) is 2. The summed E-state index contributed by atoms with van der Waals surface area (Å²) in [5, 5.41) is 0. The van der Waals surface area contributed by atoms with E-state index in [1.54, 1.807) is 0 Å². The number of rotatable bonds is 2. The summed E-state index contributed by atoms with van der Waals surface area (Å²) in [5.41, 5.74) is 3.19. The maximum absolute atomic E-state index is 11.8. The molecule has 1 aromatic carbocycles. The third kappa shape index (κ3) is 4.22. The molecule has 0 atom stereocenters. The maximum Gasteiger partial charge on any atom is 0.311 e. The zero-order chi connectivity index (χ0) is 13.2. The molecule has 0 N–H and O–H groups in total. The summed E-state index contributed by atoms with van der Waals surface area (Å²) in [6, 6.07) is 4.07. The minimum absolute atomic E-state index is 0.0381. The van der Waals surface area contributed by atoms with Gasteiger partial charge in [-0.2, -0.15) is 0 Å². The highest BCUT2D eigenvalue weighted by Gasteiger charge is 2.19. The first kappa shape index (κ1) is 13.8. The lowest BCUT2D eigenvalue weighted by molar-refractivity contribution is -0.136. The molecule has 1 aromatic rings. The molecular formula is C15H22O2. The van der Waals surface area contributed by atoms with Crippen LogP contribution in [0.5, 0.6) is 5.75 Å². The van der Waals surface area contributed by atoms with Gasteiger partial charge in [0.1, 0.15) is 5.75 Å². The van der Waals surface area contributed by atoms with Crippen molar-refractivity contribution in [3.05, 3.63) is 28.8 Å². The van der Waals surface area contributed by atoms with Gasteiger partial charge in [0.15, 0.2) is 0 Å². The SMILES string of the molecule is Cc1cc(C)c(OC(=O)CC(C)(C)C)c(C)c1. The summed E-state index contributed by atoms with van der Waals surface area (Å²) in [6.07, 6.45) is 0.430. The maximum atomic E-state index is 11.8. The van der Waals surface area contributed by atoms with Crippen molar-refractivity contribution >= 4 is 5.97 Å².